The van der Waals surface area contributed by atoms with Crippen molar-refractivity contribution in [1.82, 2.24) is 4.90 Å². The van der Waals surface area contributed by atoms with Gasteiger partial charge >= 0.3 is 0 Å². The summed E-state index contributed by atoms with van der Waals surface area (Å²) in [5.41, 5.74) is 1.10. The molecular formula is C16H16ClNOS. The lowest BCUT2D eigenvalue weighted by molar-refractivity contribution is 0.0793. The third-order valence-corrected chi connectivity index (χ3v) is 5.03. The molecule has 4 heteroatoms. The Morgan fingerprint density at radius 2 is 2.00 bits per heavy atom. The number of rotatable bonds is 2. The number of nitrogens with zero attached hydrogens (tertiary/aromatic N) is 1. The van der Waals surface area contributed by atoms with E-state index in [2.05, 4.69) is 6.92 Å². The molecular weight excluding hydrogens is 290 g/mol. The van der Waals surface area contributed by atoms with Crippen LogP contribution in [0.25, 0.3) is 10.4 Å². The van der Waals surface area contributed by atoms with Crippen molar-refractivity contribution < 1.29 is 4.79 Å². The number of hydrogen-bond acceptors (Lipinski definition) is 2. The molecule has 20 heavy (non-hydrogen) atoms. The van der Waals surface area contributed by atoms with Gasteiger partial charge in [0.2, 0.25) is 0 Å². The van der Waals surface area contributed by atoms with Crippen molar-refractivity contribution in [3.63, 3.8) is 0 Å². The Balaban J connectivity index is 1.79. The molecule has 0 radical (unpaired) electrons. The van der Waals surface area contributed by atoms with Crippen LogP contribution >= 0.6 is 22.9 Å². The Kier molecular flexibility index (Phi) is 3.81. The number of hydrogen-bond donors (Lipinski definition) is 0. The second-order valence-electron chi connectivity index (χ2n) is 5.32. The third-order valence-electron chi connectivity index (χ3n) is 3.66. The van der Waals surface area contributed by atoms with Gasteiger partial charge in [-0.15, -0.1) is 11.3 Å². The molecule has 1 aliphatic heterocycles. The lowest BCUT2D eigenvalue weighted by Crippen LogP contribution is -2.27. The highest BCUT2D eigenvalue weighted by Crippen LogP contribution is 2.30. The van der Waals surface area contributed by atoms with Crippen molar-refractivity contribution in [1.29, 1.82) is 0 Å². The van der Waals surface area contributed by atoms with Crippen LogP contribution in [0.3, 0.4) is 0 Å². The lowest BCUT2D eigenvalue weighted by Gasteiger charge is -2.14. The maximum absolute atomic E-state index is 12.4. The first kappa shape index (κ1) is 13.7. The van der Waals surface area contributed by atoms with Crippen molar-refractivity contribution in [2.75, 3.05) is 13.1 Å². The number of amides is 1. The zero-order valence-corrected chi connectivity index (χ0v) is 12.9. The standard InChI is InChI=1S/C16H16ClNOS/c1-11-8-9-18(10-11)16(19)15-7-6-14(20-15)12-2-4-13(17)5-3-12/h2-7,11H,8-10H2,1H3. The fourth-order valence-corrected chi connectivity index (χ4v) is 3.60. The average Bonchev–Trinajstić information content (AvgIpc) is 3.08. The van der Waals surface area contributed by atoms with Gasteiger partial charge in [0, 0.05) is 23.0 Å². The molecule has 1 atom stereocenters. The van der Waals surface area contributed by atoms with E-state index in [9.17, 15) is 4.79 Å². The normalized spacial score (nSPS) is 18.5. The summed E-state index contributed by atoms with van der Waals surface area (Å²) in [7, 11) is 0. The molecule has 2 nitrogen and oxygen atoms in total. The number of likely N-dealkylation sites (tertiary alicyclic amines) is 1. The minimum atomic E-state index is 0.166. The van der Waals surface area contributed by atoms with Crippen molar-refractivity contribution in [3.05, 3.63) is 46.3 Å². The van der Waals surface area contributed by atoms with Gasteiger partial charge in [0.1, 0.15) is 0 Å². The van der Waals surface area contributed by atoms with Gasteiger partial charge in [-0.3, -0.25) is 4.79 Å². The molecule has 0 saturated carbocycles. The molecule has 0 spiro atoms. The van der Waals surface area contributed by atoms with Crippen LogP contribution in [0.15, 0.2) is 36.4 Å². The Hall–Kier alpha value is -1.32. The molecule has 0 bridgehead atoms. The van der Waals surface area contributed by atoms with Crippen LogP contribution in [0.5, 0.6) is 0 Å². The van der Waals surface area contributed by atoms with E-state index in [0.29, 0.717) is 5.92 Å². The third kappa shape index (κ3) is 2.74. The van der Waals surface area contributed by atoms with E-state index in [1.54, 1.807) is 11.3 Å². The fraction of sp³-hybridized carbons (Fsp3) is 0.312. The van der Waals surface area contributed by atoms with E-state index in [0.717, 1.165) is 39.9 Å². The molecule has 104 valence electrons. The second-order valence-corrected chi connectivity index (χ2v) is 6.84. The summed E-state index contributed by atoms with van der Waals surface area (Å²) in [6.45, 7) is 3.96. The van der Waals surface area contributed by atoms with Gasteiger partial charge in [-0.1, -0.05) is 30.7 Å². The van der Waals surface area contributed by atoms with Crippen molar-refractivity contribution in [2.24, 2.45) is 5.92 Å². The molecule has 1 aliphatic rings. The predicted octanol–water partition coefficient (Wildman–Crippen LogP) is 4.55. The Bertz CT molecular complexity index is 620. The molecule has 2 aromatic rings. The number of carbonyl (C=O) groups is 1. The number of carbonyl (C=O) groups excluding carboxylic acids is 1. The Labute approximate surface area is 128 Å². The van der Waals surface area contributed by atoms with Crippen molar-refractivity contribution >= 4 is 28.8 Å². The summed E-state index contributed by atoms with van der Waals surface area (Å²) < 4.78 is 0. The lowest BCUT2D eigenvalue weighted by atomic mass is 10.2. The molecule has 0 aliphatic carbocycles. The van der Waals surface area contributed by atoms with Crippen LogP contribution in [-0.4, -0.2) is 23.9 Å². The summed E-state index contributed by atoms with van der Waals surface area (Å²) in [5.74, 6) is 0.786. The van der Waals surface area contributed by atoms with E-state index in [-0.39, 0.29) is 5.91 Å². The van der Waals surface area contributed by atoms with E-state index in [4.69, 9.17) is 11.6 Å². The van der Waals surface area contributed by atoms with Crippen molar-refractivity contribution in [2.45, 2.75) is 13.3 Å². The Morgan fingerprint density at radius 1 is 1.25 bits per heavy atom. The van der Waals surface area contributed by atoms with Crippen LogP contribution in [-0.2, 0) is 0 Å². The van der Waals surface area contributed by atoms with Gasteiger partial charge in [-0.05, 0) is 42.2 Å². The summed E-state index contributed by atoms with van der Waals surface area (Å²) in [6, 6.07) is 11.7. The first-order chi connectivity index (χ1) is 9.63. The Morgan fingerprint density at radius 3 is 2.65 bits per heavy atom. The van der Waals surface area contributed by atoms with Crippen LogP contribution in [0.1, 0.15) is 23.0 Å². The van der Waals surface area contributed by atoms with Crippen LogP contribution < -0.4 is 0 Å². The number of halogens is 1. The van der Waals surface area contributed by atoms with Gasteiger partial charge in [0.15, 0.2) is 0 Å². The van der Waals surface area contributed by atoms with Gasteiger partial charge < -0.3 is 4.90 Å². The van der Waals surface area contributed by atoms with E-state index >= 15 is 0 Å². The quantitative estimate of drug-likeness (QED) is 0.797. The minimum absolute atomic E-state index is 0.166. The molecule has 1 aromatic carbocycles. The first-order valence-electron chi connectivity index (χ1n) is 6.78. The molecule has 1 fully saturated rings. The van der Waals surface area contributed by atoms with Crippen LogP contribution in [0, 0.1) is 5.92 Å². The molecule has 3 rings (SSSR count). The van der Waals surface area contributed by atoms with Gasteiger partial charge in [0.05, 0.1) is 4.88 Å². The van der Waals surface area contributed by atoms with Crippen LogP contribution in [0.4, 0.5) is 0 Å². The fourth-order valence-electron chi connectivity index (χ4n) is 2.50. The number of benzene rings is 1. The van der Waals surface area contributed by atoms with Crippen molar-refractivity contribution in [3.8, 4) is 10.4 Å². The zero-order valence-electron chi connectivity index (χ0n) is 11.3. The molecule has 1 saturated heterocycles. The summed E-state index contributed by atoms with van der Waals surface area (Å²) >= 11 is 7.45. The first-order valence-corrected chi connectivity index (χ1v) is 7.98. The highest BCUT2D eigenvalue weighted by atomic mass is 35.5. The van der Waals surface area contributed by atoms with E-state index < -0.39 is 0 Å². The number of thiophene rings is 1. The zero-order chi connectivity index (χ0) is 14.1. The summed E-state index contributed by atoms with van der Waals surface area (Å²) in [6.07, 6.45) is 1.11. The average molecular weight is 306 g/mol. The topological polar surface area (TPSA) is 20.3 Å². The highest BCUT2D eigenvalue weighted by molar-refractivity contribution is 7.17. The molecule has 0 N–H and O–H groups in total. The molecule has 1 aromatic heterocycles. The maximum Gasteiger partial charge on any atom is 0.263 e. The van der Waals surface area contributed by atoms with E-state index in [1.807, 2.05) is 41.3 Å². The van der Waals surface area contributed by atoms with Gasteiger partial charge in [0.25, 0.3) is 5.91 Å². The molecule has 2 heterocycles. The van der Waals surface area contributed by atoms with Gasteiger partial charge in [-0.25, -0.2) is 0 Å². The highest BCUT2D eigenvalue weighted by Gasteiger charge is 2.25. The minimum Gasteiger partial charge on any atom is -0.338 e. The largest absolute Gasteiger partial charge is 0.338 e. The maximum atomic E-state index is 12.4. The van der Waals surface area contributed by atoms with Crippen LogP contribution in [0.2, 0.25) is 5.02 Å². The smallest absolute Gasteiger partial charge is 0.263 e. The van der Waals surface area contributed by atoms with E-state index in [1.165, 1.54) is 0 Å². The second kappa shape index (κ2) is 5.58. The van der Waals surface area contributed by atoms with Gasteiger partial charge in [-0.2, -0.15) is 0 Å². The monoisotopic (exact) mass is 305 g/mol. The predicted molar refractivity (Wildman–Crippen MR) is 84.4 cm³/mol. The molecule has 1 amide bonds. The molecule has 1 unspecified atom stereocenters. The summed E-state index contributed by atoms with van der Waals surface area (Å²) in [5, 5.41) is 0.729. The summed E-state index contributed by atoms with van der Waals surface area (Å²) in [4.78, 5) is 16.3. The SMILES string of the molecule is CC1CCN(C(=O)c2ccc(-c3ccc(Cl)cc3)s2)C1.